The molecule has 1 heterocycles. The van der Waals surface area contributed by atoms with E-state index in [0.29, 0.717) is 30.3 Å². The molecule has 1 N–H and O–H groups in total. The Morgan fingerprint density at radius 2 is 1.88 bits per heavy atom. The first-order chi connectivity index (χ1) is 15.3. The molecule has 9 heteroatoms. The Bertz CT molecular complexity index is 1100. The minimum atomic E-state index is -0.535. The van der Waals surface area contributed by atoms with Gasteiger partial charge >= 0.3 is 0 Å². The van der Waals surface area contributed by atoms with Crippen LogP contribution in [0.3, 0.4) is 0 Å². The molecule has 3 rings (SSSR count). The standard InChI is InChI=1S/C23H20I2N2O4S/c1-3-9-27-22(29)17(21(28)26-23(27)32)10-15-11-18(25)20(19(12-15)30-4-2)31-13-14-5-7-16(24)8-6-14/h3,5-8,10-12H,1,4,9,13H2,2H3,(H,26,28,32)/b17-10+. The first kappa shape index (κ1) is 24.6. The number of benzene rings is 2. The third-order valence-electron chi connectivity index (χ3n) is 4.44. The number of carbonyl (C=O) groups excluding carboxylic acids is 2. The highest BCUT2D eigenvalue weighted by Crippen LogP contribution is 2.35. The minimum absolute atomic E-state index is 0.00810. The van der Waals surface area contributed by atoms with Crippen LogP contribution in [0.1, 0.15) is 18.1 Å². The van der Waals surface area contributed by atoms with E-state index >= 15 is 0 Å². The molecule has 1 aliphatic rings. The van der Waals surface area contributed by atoms with Crippen LogP contribution in [0.2, 0.25) is 0 Å². The van der Waals surface area contributed by atoms with E-state index in [0.717, 1.165) is 12.7 Å². The molecule has 2 aromatic rings. The molecule has 0 aliphatic carbocycles. The molecular weight excluding hydrogens is 654 g/mol. The Morgan fingerprint density at radius 3 is 2.53 bits per heavy atom. The summed E-state index contributed by atoms with van der Waals surface area (Å²) in [5.74, 6) is 0.152. The molecule has 0 spiro atoms. The van der Waals surface area contributed by atoms with Crippen molar-refractivity contribution in [3.63, 3.8) is 0 Å². The van der Waals surface area contributed by atoms with Gasteiger partial charge in [-0.15, -0.1) is 6.58 Å². The van der Waals surface area contributed by atoms with E-state index in [1.807, 2.05) is 37.3 Å². The molecule has 0 atom stereocenters. The zero-order valence-corrected chi connectivity index (χ0v) is 22.3. The molecule has 2 aromatic carbocycles. The van der Waals surface area contributed by atoms with Gasteiger partial charge < -0.3 is 9.47 Å². The van der Waals surface area contributed by atoms with Crippen molar-refractivity contribution in [3.8, 4) is 11.5 Å². The Kier molecular flexibility index (Phi) is 8.65. The zero-order chi connectivity index (χ0) is 23.3. The van der Waals surface area contributed by atoms with Crippen LogP contribution in [0.5, 0.6) is 11.5 Å². The number of rotatable bonds is 8. The molecule has 166 valence electrons. The topological polar surface area (TPSA) is 67.9 Å². The Labute approximate surface area is 219 Å². The van der Waals surface area contributed by atoms with Crippen molar-refractivity contribution in [2.45, 2.75) is 13.5 Å². The molecule has 0 saturated carbocycles. The maximum absolute atomic E-state index is 12.8. The van der Waals surface area contributed by atoms with Crippen molar-refractivity contribution < 1.29 is 19.1 Å². The highest BCUT2D eigenvalue weighted by atomic mass is 127. The average Bonchev–Trinajstić information content (AvgIpc) is 2.75. The van der Waals surface area contributed by atoms with E-state index in [4.69, 9.17) is 21.7 Å². The second-order valence-electron chi connectivity index (χ2n) is 6.70. The number of ether oxygens (including phenoxy) is 2. The largest absolute Gasteiger partial charge is 0.490 e. The Hall–Kier alpha value is -1.99. The summed E-state index contributed by atoms with van der Waals surface area (Å²) in [5, 5.41) is 2.62. The maximum atomic E-state index is 12.8. The van der Waals surface area contributed by atoms with Crippen molar-refractivity contribution in [1.82, 2.24) is 10.2 Å². The van der Waals surface area contributed by atoms with Crippen molar-refractivity contribution in [2.75, 3.05) is 13.2 Å². The molecule has 0 unspecified atom stereocenters. The van der Waals surface area contributed by atoms with E-state index in [1.54, 1.807) is 12.1 Å². The highest BCUT2D eigenvalue weighted by Gasteiger charge is 2.32. The molecule has 0 bridgehead atoms. The summed E-state index contributed by atoms with van der Waals surface area (Å²) in [5.41, 5.74) is 1.67. The second kappa shape index (κ2) is 11.2. The van der Waals surface area contributed by atoms with E-state index in [-0.39, 0.29) is 17.2 Å². The van der Waals surface area contributed by atoms with Gasteiger partial charge in [0.05, 0.1) is 10.2 Å². The van der Waals surface area contributed by atoms with Crippen LogP contribution in [0.25, 0.3) is 6.08 Å². The summed E-state index contributed by atoms with van der Waals surface area (Å²) >= 11 is 9.51. The Balaban J connectivity index is 1.91. The number of nitrogens with one attached hydrogen (secondary N) is 1. The summed E-state index contributed by atoms with van der Waals surface area (Å²) in [6.45, 7) is 6.56. The van der Waals surface area contributed by atoms with Crippen molar-refractivity contribution in [1.29, 1.82) is 0 Å². The van der Waals surface area contributed by atoms with Crippen LogP contribution in [0.15, 0.2) is 54.6 Å². The quantitative estimate of drug-likeness (QED) is 0.145. The van der Waals surface area contributed by atoms with Crippen LogP contribution in [0, 0.1) is 7.14 Å². The zero-order valence-electron chi connectivity index (χ0n) is 17.2. The number of halogens is 2. The third-order valence-corrected chi connectivity index (χ3v) is 6.28. The second-order valence-corrected chi connectivity index (χ2v) is 9.49. The fourth-order valence-corrected chi connectivity index (χ4v) is 4.36. The summed E-state index contributed by atoms with van der Waals surface area (Å²) in [6.07, 6.45) is 3.08. The van der Waals surface area contributed by atoms with Crippen LogP contribution in [-0.2, 0) is 16.2 Å². The van der Waals surface area contributed by atoms with Crippen molar-refractivity contribution in [3.05, 3.63) is 72.9 Å². The predicted molar refractivity (Wildman–Crippen MR) is 144 cm³/mol. The minimum Gasteiger partial charge on any atom is -0.490 e. The van der Waals surface area contributed by atoms with Gasteiger partial charge in [-0.25, -0.2) is 0 Å². The number of amides is 2. The average molecular weight is 674 g/mol. The van der Waals surface area contributed by atoms with Gasteiger partial charge in [0.1, 0.15) is 12.2 Å². The normalized spacial score (nSPS) is 15.0. The molecular formula is C23H20I2N2O4S. The van der Waals surface area contributed by atoms with Gasteiger partial charge in [-0.05, 0) is 106 Å². The van der Waals surface area contributed by atoms with Gasteiger partial charge in [-0.2, -0.15) is 0 Å². The fourth-order valence-electron chi connectivity index (χ4n) is 2.97. The lowest BCUT2D eigenvalue weighted by Crippen LogP contribution is -2.53. The lowest BCUT2D eigenvalue weighted by molar-refractivity contribution is -0.128. The Morgan fingerprint density at radius 1 is 1.16 bits per heavy atom. The lowest BCUT2D eigenvalue weighted by atomic mass is 10.1. The molecule has 2 amide bonds. The summed E-state index contributed by atoms with van der Waals surface area (Å²) in [7, 11) is 0. The van der Waals surface area contributed by atoms with Gasteiger partial charge in [0, 0.05) is 10.1 Å². The van der Waals surface area contributed by atoms with Gasteiger partial charge in [-0.3, -0.25) is 19.8 Å². The van der Waals surface area contributed by atoms with Crippen LogP contribution >= 0.6 is 57.4 Å². The molecule has 0 radical (unpaired) electrons. The van der Waals surface area contributed by atoms with E-state index in [1.165, 1.54) is 11.0 Å². The van der Waals surface area contributed by atoms with E-state index < -0.39 is 11.8 Å². The predicted octanol–water partition coefficient (Wildman–Crippen LogP) is 4.69. The first-order valence-electron chi connectivity index (χ1n) is 9.67. The van der Waals surface area contributed by atoms with Crippen molar-refractivity contribution in [2.24, 2.45) is 0 Å². The summed E-state index contributed by atoms with van der Waals surface area (Å²) in [4.78, 5) is 26.5. The molecule has 32 heavy (non-hydrogen) atoms. The smallest absolute Gasteiger partial charge is 0.265 e. The summed E-state index contributed by atoms with van der Waals surface area (Å²) < 4.78 is 13.8. The first-order valence-corrected chi connectivity index (χ1v) is 12.2. The molecule has 1 aliphatic heterocycles. The van der Waals surface area contributed by atoms with Crippen LogP contribution in [0.4, 0.5) is 0 Å². The highest BCUT2D eigenvalue weighted by molar-refractivity contribution is 14.1. The number of carbonyl (C=O) groups is 2. The molecule has 1 fully saturated rings. The van der Waals surface area contributed by atoms with Gasteiger partial charge in [-0.1, -0.05) is 18.2 Å². The van der Waals surface area contributed by atoms with Crippen LogP contribution in [-0.4, -0.2) is 35.0 Å². The fraction of sp³-hybridized carbons (Fsp3) is 0.174. The third kappa shape index (κ3) is 5.87. The van der Waals surface area contributed by atoms with Gasteiger partial charge in [0.25, 0.3) is 11.8 Å². The molecule has 0 aromatic heterocycles. The van der Waals surface area contributed by atoms with Gasteiger partial charge in [0.2, 0.25) is 0 Å². The SMILES string of the molecule is C=CCN1C(=O)/C(=C/c2cc(I)c(OCc3ccc(I)cc3)c(OCC)c2)C(=O)NC1=S. The van der Waals surface area contributed by atoms with Gasteiger partial charge in [0.15, 0.2) is 16.6 Å². The number of hydrogen-bond acceptors (Lipinski definition) is 5. The number of hydrogen-bond donors (Lipinski definition) is 1. The van der Waals surface area contributed by atoms with Crippen LogP contribution < -0.4 is 14.8 Å². The molecule has 1 saturated heterocycles. The number of thiocarbonyl (C=S) groups is 1. The van der Waals surface area contributed by atoms with E-state index in [2.05, 4.69) is 57.1 Å². The van der Waals surface area contributed by atoms with E-state index in [9.17, 15) is 9.59 Å². The molecule has 6 nitrogen and oxygen atoms in total. The lowest BCUT2D eigenvalue weighted by Gasteiger charge is -2.27. The van der Waals surface area contributed by atoms with Crippen molar-refractivity contribution >= 4 is 80.4 Å². The maximum Gasteiger partial charge on any atom is 0.265 e. The monoisotopic (exact) mass is 674 g/mol. The number of nitrogens with zero attached hydrogens (tertiary/aromatic N) is 1. The summed E-state index contributed by atoms with van der Waals surface area (Å²) in [6, 6.07) is 11.7.